The highest BCUT2D eigenvalue weighted by Gasteiger charge is 2.31. The Bertz CT molecular complexity index is 1050. The Labute approximate surface area is 190 Å². The van der Waals surface area contributed by atoms with Crippen LogP contribution in [-0.4, -0.2) is 40.7 Å². The first kappa shape index (κ1) is 22.7. The Morgan fingerprint density at radius 1 is 1.19 bits per heavy atom. The maximum Gasteiger partial charge on any atom is 0.337 e. The average Bonchev–Trinajstić information content (AvgIpc) is 3.01. The predicted octanol–water partition coefficient (Wildman–Crippen LogP) is 4.40. The molecule has 0 spiro atoms. The minimum Gasteiger partial charge on any atom is -0.465 e. The molecule has 1 aliphatic heterocycles. The van der Waals surface area contributed by atoms with Gasteiger partial charge >= 0.3 is 5.97 Å². The summed E-state index contributed by atoms with van der Waals surface area (Å²) in [7, 11) is 1.33. The number of esters is 1. The molecule has 6 nitrogen and oxygen atoms in total. The lowest BCUT2D eigenvalue weighted by atomic mass is 10.1. The molecule has 31 heavy (non-hydrogen) atoms. The molecule has 0 atom stereocenters. The molecule has 2 aromatic carbocycles. The van der Waals surface area contributed by atoms with E-state index < -0.39 is 5.97 Å². The number of anilines is 1. The Balaban J connectivity index is 1.54. The molecular weight excluding hydrogens is 432 g/mol. The van der Waals surface area contributed by atoms with Gasteiger partial charge in [0.2, 0.25) is 5.91 Å². The number of aryl methyl sites for hydroxylation is 1. The number of thiocarbonyl (C=S) groups is 1. The molecule has 0 aliphatic carbocycles. The minimum atomic E-state index is -0.413. The quantitative estimate of drug-likeness (QED) is 0.380. The van der Waals surface area contributed by atoms with E-state index in [1.54, 1.807) is 30.3 Å². The van der Waals surface area contributed by atoms with Gasteiger partial charge in [-0.05, 0) is 54.8 Å². The van der Waals surface area contributed by atoms with Crippen LogP contribution in [0.2, 0.25) is 0 Å². The van der Waals surface area contributed by atoms with E-state index in [9.17, 15) is 14.4 Å². The molecule has 1 aliphatic rings. The van der Waals surface area contributed by atoms with Gasteiger partial charge in [-0.3, -0.25) is 14.5 Å². The van der Waals surface area contributed by atoms with Crippen molar-refractivity contribution in [3.8, 4) is 0 Å². The molecule has 0 aromatic heterocycles. The molecule has 8 heteroatoms. The molecule has 3 rings (SSSR count). The van der Waals surface area contributed by atoms with Crippen molar-refractivity contribution in [1.82, 2.24) is 4.90 Å². The number of methoxy groups -OCH3 is 1. The van der Waals surface area contributed by atoms with Crippen LogP contribution in [-0.2, 0) is 14.3 Å². The van der Waals surface area contributed by atoms with E-state index in [2.05, 4.69) is 10.1 Å². The van der Waals surface area contributed by atoms with Crippen molar-refractivity contribution in [1.29, 1.82) is 0 Å². The lowest BCUT2D eigenvalue weighted by Crippen LogP contribution is -2.29. The van der Waals surface area contributed by atoms with Gasteiger partial charge in [0, 0.05) is 18.7 Å². The zero-order valence-electron chi connectivity index (χ0n) is 17.2. The summed E-state index contributed by atoms with van der Waals surface area (Å²) in [5.41, 5.74) is 3.06. The number of amides is 2. The Morgan fingerprint density at radius 2 is 1.94 bits per heavy atom. The van der Waals surface area contributed by atoms with Gasteiger partial charge < -0.3 is 10.1 Å². The number of nitrogens with one attached hydrogen (secondary N) is 1. The van der Waals surface area contributed by atoms with Gasteiger partial charge in [0.05, 0.1) is 17.6 Å². The van der Waals surface area contributed by atoms with Crippen LogP contribution in [0.1, 0.15) is 34.3 Å². The third kappa shape index (κ3) is 6.02. The number of thioether (sulfide) groups is 1. The second-order valence-electron chi connectivity index (χ2n) is 6.97. The van der Waals surface area contributed by atoms with Crippen molar-refractivity contribution in [2.24, 2.45) is 0 Å². The van der Waals surface area contributed by atoms with Crippen molar-refractivity contribution in [3.05, 3.63) is 70.1 Å². The van der Waals surface area contributed by atoms with Crippen LogP contribution >= 0.6 is 24.0 Å². The van der Waals surface area contributed by atoms with E-state index in [4.69, 9.17) is 12.2 Å². The number of carbonyl (C=O) groups excluding carboxylic acids is 3. The Kier molecular flexibility index (Phi) is 7.59. The number of hydrogen-bond donors (Lipinski definition) is 1. The fourth-order valence-corrected chi connectivity index (χ4v) is 4.33. The normalized spacial score (nSPS) is 14.8. The zero-order valence-corrected chi connectivity index (χ0v) is 18.8. The van der Waals surface area contributed by atoms with Gasteiger partial charge in [-0.1, -0.05) is 48.2 Å². The van der Waals surface area contributed by atoms with Crippen molar-refractivity contribution in [2.45, 2.75) is 19.8 Å². The summed E-state index contributed by atoms with van der Waals surface area (Å²) in [5.74, 6) is -0.687. The lowest BCUT2D eigenvalue weighted by molar-refractivity contribution is -0.122. The number of carbonyl (C=O) groups is 3. The van der Waals surface area contributed by atoms with Crippen LogP contribution < -0.4 is 5.32 Å². The smallest absolute Gasteiger partial charge is 0.337 e. The minimum absolute atomic E-state index is 0.0997. The van der Waals surface area contributed by atoms with E-state index in [1.165, 1.54) is 23.8 Å². The summed E-state index contributed by atoms with van der Waals surface area (Å²) >= 11 is 6.58. The first-order valence-electron chi connectivity index (χ1n) is 9.67. The van der Waals surface area contributed by atoms with E-state index in [0.717, 1.165) is 16.8 Å². The fourth-order valence-electron chi connectivity index (χ4n) is 3.02. The highest BCUT2D eigenvalue weighted by molar-refractivity contribution is 8.26. The molecule has 0 bridgehead atoms. The molecule has 0 unspecified atom stereocenters. The maximum atomic E-state index is 12.7. The van der Waals surface area contributed by atoms with Crippen LogP contribution in [0.25, 0.3) is 6.08 Å². The molecule has 160 valence electrons. The molecule has 0 saturated carbocycles. The average molecular weight is 455 g/mol. The van der Waals surface area contributed by atoms with Crippen LogP contribution in [0.3, 0.4) is 0 Å². The number of hydrogen-bond acceptors (Lipinski definition) is 6. The molecule has 2 amide bonds. The SMILES string of the molecule is COC(=O)c1ccc(C=C2SC(=S)N(CCCC(=O)Nc3cccc(C)c3)C2=O)cc1. The Morgan fingerprint density at radius 3 is 2.61 bits per heavy atom. The molecule has 2 aromatic rings. The first-order valence-corrected chi connectivity index (χ1v) is 10.9. The van der Waals surface area contributed by atoms with Crippen LogP contribution in [0.5, 0.6) is 0 Å². The number of ether oxygens (including phenoxy) is 1. The fraction of sp³-hybridized carbons (Fsp3) is 0.217. The second kappa shape index (κ2) is 10.4. The van der Waals surface area contributed by atoms with Crippen molar-refractivity contribution < 1.29 is 19.1 Å². The van der Waals surface area contributed by atoms with Crippen molar-refractivity contribution in [3.63, 3.8) is 0 Å². The maximum absolute atomic E-state index is 12.7. The topological polar surface area (TPSA) is 75.7 Å². The molecule has 1 N–H and O–H groups in total. The number of benzene rings is 2. The second-order valence-corrected chi connectivity index (χ2v) is 8.64. The van der Waals surface area contributed by atoms with Gasteiger partial charge in [-0.2, -0.15) is 0 Å². The molecular formula is C23H22N2O4S2. The monoisotopic (exact) mass is 454 g/mol. The standard InChI is InChI=1S/C23H22N2O4S2/c1-15-5-3-6-18(13-15)24-20(26)7-4-12-25-21(27)19(31-23(25)30)14-16-8-10-17(11-9-16)22(28)29-2/h3,5-6,8-11,13-14H,4,7,12H2,1-2H3,(H,24,26). The highest BCUT2D eigenvalue weighted by atomic mass is 32.2. The molecule has 1 saturated heterocycles. The predicted molar refractivity (Wildman–Crippen MR) is 127 cm³/mol. The number of nitrogens with zero attached hydrogens (tertiary/aromatic N) is 1. The Hall–Kier alpha value is -2.97. The van der Waals surface area contributed by atoms with E-state index >= 15 is 0 Å². The van der Waals surface area contributed by atoms with E-state index in [1.807, 2.05) is 31.2 Å². The van der Waals surface area contributed by atoms with Gasteiger partial charge in [0.1, 0.15) is 4.32 Å². The highest BCUT2D eigenvalue weighted by Crippen LogP contribution is 2.32. The van der Waals surface area contributed by atoms with Gasteiger partial charge in [-0.25, -0.2) is 4.79 Å². The molecule has 0 radical (unpaired) electrons. The van der Waals surface area contributed by atoms with Crippen LogP contribution in [0.4, 0.5) is 5.69 Å². The van der Waals surface area contributed by atoms with Gasteiger partial charge in [0.15, 0.2) is 0 Å². The summed E-state index contributed by atoms with van der Waals surface area (Å²) in [5, 5.41) is 2.86. The van der Waals surface area contributed by atoms with E-state index in [-0.39, 0.29) is 11.8 Å². The summed E-state index contributed by atoms with van der Waals surface area (Å²) < 4.78 is 5.16. The third-order valence-electron chi connectivity index (χ3n) is 4.59. The van der Waals surface area contributed by atoms with Crippen LogP contribution in [0.15, 0.2) is 53.4 Å². The van der Waals surface area contributed by atoms with E-state index in [0.29, 0.717) is 34.2 Å². The van der Waals surface area contributed by atoms with Gasteiger partial charge in [0.25, 0.3) is 5.91 Å². The summed E-state index contributed by atoms with van der Waals surface area (Å²) in [6.07, 6.45) is 2.54. The third-order valence-corrected chi connectivity index (χ3v) is 5.97. The van der Waals surface area contributed by atoms with Crippen molar-refractivity contribution in [2.75, 3.05) is 19.0 Å². The van der Waals surface area contributed by atoms with Crippen LogP contribution in [0, 0.1) is 6.92 Å². The number of rotatable bonds is 7. The summed E-state index contributed by atoms with van der Waals surface area (Å²) in [4.78, 5) is 38.4. The molecule has 1 fully saturated rings. The molecule has 1 heterocycles. The lowest BCUT2D eigenvalue weighted by Gasteiger charge is -2.14. The first-order chi connectivity index (χ1) is 14.9. The van der Waals surface area contributed by atoms with Gasteiger partial charge in [-0.15, -0.1) is 0 Å². The largest absolute Gasteiger partial charge is 0.465 e. The summed E-state index contributed by atoms with van der Waals surface area (Å²) in [6, 6.07) is 14.4. The summed E-state index contributed by atoms with van der Waals surface area (Å²) in [6.45, 7) is 2.34. The zero-order chi connectivity index (χ0) is 22.4. The van der Waals surface area contributed by atoms with Crippen molar-refractivity contribution >= 4 is 57.8 Å².